The van der Waals surface area contributed by atoms with E-state index in [-0.39, 0.29) is 0 Å². The van der Waals surface area contributed by atoms with Gasteiger partial charge in [0.2, 0.25) is 0 Å². The van der Waals surface area contributed by atoms with Gasteiger partial charge in [-0.1, -0.05) is 25.1 Å². The number of fused-ring (bicyclic) bond motifs is 1. The number of hydrogen-bond donors (Lipinski definition) is 1. The van der Waals surface area contributed by atoms with Crippen molar-refractivity contribution in [3.63, 3.8) is 0 Å². The molecule has 1 atom stereocenters. The smallest absolute Gasteiger partial charge is 0.274 e. The van der Waals surface area contributed by atoms with Crippen LogP contribution in [0.5, 0.6) is 0 Å². The molecule has 18 heavy (non-hydrogen) atoms. The molecular formula is C13H18NO3S+. The van der Waals surface area contributed by atoms with Gasteiger partial charge in [-0.25, -0.2) is 4.58 Å². The van der Waals surface area contributed by atoms with Gasteiger partial charge in [0.1, 0.15) is 11.8 Å². The van der Waals surface area contributed by atoms with Crippen LogP contribution in [0.1, 0.15) is 24.5 Å². The molecule has 1 aromatic carbocycles. The van der Waals surface area contributed by atoms with E-state index in [9.17, 15) is 8.42 Å². The van der Waals surface area contributed by atoms with Crippen LogP contribution in [0, 0.1) is 0 Å². The van der Waals surface area contributed by atoms with Crippen molar-refractivity contribution in [1.82, 2.24) is 0 Å². The minimum atomic E-state index is -3.95. The van der Waals surface area contributed by atoms with Crippen LogP contribution < -0.4 is 0 Å². The Balaban J connectivity index is 2.20. The predicted octanol–water partition coefficient (Wildman–Crippen LogP) is 1.34. The van der Waals surface area contributed by atoms with Gasteiger partial charge in [0.25, 0.3) is 10.1 Å². The van der Waals surface area contributed by atoms with Gasteiger partial charge in [0.15, 0.2) is 12.8 Å². The van der Waals surface area contributed by atoms with Crippen molar-refractivity contribution in [2.45, 2.75) is 25.0 Å². The summed E-state index contributed by atoms with van der Waals surface area (Å²) >= 11 is 0. The molecule has 0 aliphatic carbocycles. The largest absolute Gasteiger partial charge is 0.285 e. The van der Waals surface area contributed by atoms with Gasteiger partial charge in [0, 0.05) is 12.0 Å². The highest BCUT2D eigenvalue weighted by molar-refractivity contribution is 7.86. The van der Waals surface area contributed by atoms with Crippen molar-refractivity contribution in [3.05, 3.63) is 35.4 Å². The first kappa shape index (κ1) is 13.2. The summed E-state index contributed by atoms with van der Waals surface area (Å²) in [5.41, 5.74) is 2.42. The molecule has 0 spiro atoms. The molecule has 1 aliphatic heterocycles. The quantitative estimate of drug-likeness (QED) is 0.662. The van der Waals surface area contributed by atoms with Crippen molar-refractivity contribution in [2.24, 2.45) is 0 Å². The van der Waals surface area contributed by atoms with Crippen LogP contribution >= 0.6 is 0 Å². The number of rotatable bonds is 4. The zero-order valence-electron chi connectivity index (χ0n) is 10.4. The summed E-state index contributed by atoms with van der Waals surface area (Å²) in [5.74, 6) is 0. The Morgan fingerprint density at radius 3 is 2.78 bits per heavy atom. The third-order valence-corrected chi connectivity index (χ3v) is 4.68. The van der Waals surface area contributed by atoms with E-state index < -0.39 is 15.4 Å². The molecule has 0 saturated heterocycles. The van der Waals surface area contributed by atoms with E-state index in [0.717, 1.165) is 18.5 Å². The molecular weight excluding hydrogens is 250 g/mol. The van der Waals surface area contributed by atoms with E-state index in [0.29, 0.717) is 13.0 Å². The summed E-state index contributed by atoms with van der Waals surface area (Å²) in [6.07, 6.45) is 3.31. The van der Waals surface area contributed by atoms with Crippen molar-refractivity contribution in [1.29, 1.82) is 0 Å². The fourth-order valence-electron chi connectivity index (χ4n) is 2.25. The zero-order chi connectivity index (χ0) is 13.2. The monoisotopic (exact) mass is 268 g/mol. The van der Waals surface area contributed by atoms with Crippen LogP contribution in [0.15, 0.2) is 24.3 Å². The molecule has 2 rings (SSSR count). The molecule has 0 bridgehead atoms. The van der Waals surface area contributed by atoms with E-state index in [1.54, 1.807) is 6.92 Å². The summed E-state index contributed by atoms with van der Waals surface area (Å²) < 4.78 is 33.5. The Kier molecular flexibility index (Phi) is 3.82. The molecule has 1 heterocycles. The predicted molar refractivity (Wildman–Crippen MR) is 70.9 cm³/mol. The van der Waals surface area contributed by atoms with Crippen molar-refractivity contribution >= 4 is 16.3 Å². The van der Waals surface area contributed by atoms with Crippen LogP contribution in [0.4, 0.5) is 0 Å². The van der Waals surface area contributed by atoms with E-state index in [2.05, 4.69) is 6.07 Å². The molecule has 0 saturated carbocycles. The van der Waals surface area contributed by atoms with Gasteiger partial charge in [-0.05, 0) is 18.1 Å². The summed E-state index contributed by atoms with van der Waals surface area (Å²) in [5, 5.41) is -0.709. The topological polar surface area (TPSA) is 57.4 Å². The van der Waals surface area contributed by atoms with Crippen LogP contribution in [-0.2, 0) is 16.5 Å². The molecule has 0 radical (unpaired) electrons. The lowest BCUT2D eigenvalue weighted by atomic mass is 10.0. The molecule has 1 N–H and O–H groups in total. The summed E-state index contributed by atoms with van der Waals surface area (Å²) in [6.45, 7) is 2.92. The van der Waals surface area contributed by atoms with Gasteiger partial charge in [0.05, 0.1) is 0 Å². The number of nitrogens with zero attached hydrogens (tertiary/aromatic N) is 1. The van der Waals surface area contributed by atoms with Crippen LogP contribution in [0.25, 0.3) is 0 Å². The molecule has 1 aliphatic rings. The molecule has 0 aromatic heterocycles. The first-order valence-corrected chi connectivity index (χ1v) is 7.64. The summed E-state index contributed by atoms with van der Waals surface area (Å²) in [4.78, 5) is 0. The van der Waals surface area contributed by atoms with Gasteiger partial charge >= 0.3 is 0 Å². The Hall–Kier alpha value is -1.20. The summed E-state index contributed by atoms with van der Waals surface area (Å²) in [6, 6.07) is 8.09. The Morgan fingerprint density at radius 1 is 1.39 bits per heavy atom. The SMILES string of the molecule is CCC(C[N+]1=Cc2ccccc2CC1)S(=O)(=O)O. The van der Waals surface area contributed by atoms with Crippen LogP contribution in [0.2, 0.25) is 0 Å². The standard InChI is InChI=1S/C13H17NO3S/c1-2-13(18(15,16)17)10-14-8-7-11-5-3-4-6-12(11)9-14/h3-6,9,13H,2,7-8,10H2,1H3/p+1. The first-order chi connectivity index (χ1) is 8.50. The molecule has 4 nitrogen and oxygen atoms in total. The third kappa shape index (κ3) is 2.97. The second kappa shape index (κ2) is 5.20. The van der Waals surface area contributed by atoms with Gasteiger partial charge < -0.3 is 0 Å². The Labute approximate surface area is 108 Å². The lowest BCUT2D eigenvalue weighted by Crippen LogP contribution is -2.34. The van der Waals surface area contributed by atoms with Crippen molar-refractivity contribution < 1.29 is 17.5 Å². The van der Waals surface area contributed by atoms with E-state index >= 15 is 0 Å². The first-order valence-electron chi connectivity index (χ1n) is 6.14. The van der Waals surface area contributed by atoms with E-state index in [4.69, 9.17) is 4.55 Å². The average molecular weight is 268 g/mol. The summed E-state index contributed by atoms with van der Waals surface area (Å²) in [7, 11) is -3.95. The minimum Gasteiger partial charge on any atom is -0.285 e. The Morgan fingerprint density at radius 2 is 2.11 bits per heavy atom. The van der Waals surface area contributed by atoms with Gasteiger partial charge in [-0.3, -0.25) is 4.55 Å². The highest BCUT2D eigenvalue weighted by Crippen LogP contribution is 2.13. The normalized spacial score (nSPS) is 16.9. The van der Waals surface area contributed by atoms with Crippen LogP contribution in [0.3, 0.4) is 0 Å². The highest BCUT2D eigenvalue weighted by atomic mass is 32.2. The molecule has 1 unspecified atom stereocenters. The maximum atomic E-state index is 11.2. The van der Waals surface area contributed by atoms with E-state index in [1.165, 1.54) is 5.56 Å². The maximum Gasteiger partial charge on any atom is 0.274 e. The van der Waals surface area contributed by atoms with Crippen molar-refractivity contribution in [3.8, 4) is 0 Å². The lowest BCUT2D eigenvalue weighted by molar-refractivity contribution is -0.523. The van der Waals surface area contributed by atoms with Crippen molar-refractivity contribution in [2.75, 3.05) is 13.1 Å². The zero-order valence-corrected chi connectivity index (χ0v) is 11.2. The highest BCUT2D eigenvalue weighted by Gasteiger charge is 2.27. The third-order valence-electron chi connectivity index (χ3n) is 3.36. The van der Waals surface area contributed by atoms with Gasteiger partial charge in [-0.2, -0.15) is 8.42 Å². The molecule has 1 aromatic rings. The fourth-order valence-corrected chi connectivity index (χ4v) is 3.05. The Bertz CT molecular complexity index is 563. The average Bonchev–Trinajstić information content (AvgIpc) is 2.34. The van der Waals surface area contributed by atoms with Crippen LogP contribution in [-0.4, -0.2) is 42.1 Å². The van der Waals surface area contributed by atoms with Gasteiger partial charge in [-0.15, -0.1) is 0 Å². The number of benzene rings is 1. The lowest BCUT2D eigenvalue weighted by Gasteiger charge is -2.15. The molecule has 5 heteroatoms. The van der Waals surface area contributed by atoms with E-state index in [1.807, 2.05) is 29.0 Å². The second-order valence-corrected chi connectivity index (χ2v) is 6.31. The molecule has 0 fully saturated rings. The minimum absolute atomic E-state index is 0.351. The molecule has 98 valence electrons. The number of hydrogen-bond acceptors (Lipinski definition) is 2. The molecule has 0 amide bonds. The maximum absolute atomic E-state index is 11.2. The second-order valence-electron chi connectivity index (χ2n) is 4.62. The fraction of sp³-hybridized carbons (Fsp3) is 0.462.